The van der Waals surface area contributed by atoms with E-state index in [2.05, 4.69) is 0 Å². The first kappa shape index (κ1) is 11.0. The predicted molar refractivity (Wildman–Crippen MR) is 63.9 cm³/mol. The van der Waals surface area contributed by atoms with Crippen molar-refractivity contribution in [1.29, 1.82) is 0 Å². The van der Waals surface area contributed by atoms with Gasteiger partial charge in [-0.1, -0.05) is 18.2 Å². The van der Waals surface area contributed by atoms with E-state index in [1.54, 1.807) is 36.4 Å². The lowest BCUT2D eigenvalue weighted by Crippen LogP contribution is -2.10. The van der Waals surface area contributed by atoms with Gasteiger partial charge in [0.1, 0.15) is 11.5 Å². The normalized spacial score (nSPS) is 9.88. The third-order valence-corrected chi connectivity index (χ3v) is 2.21. The Bertz CT molecular complexity index is 552. The van der Waals surface area contributed by atoms with Crippen LogP contribution < -0.4 is 10.5 Å². The summed E-state index contributed by atoms with van der Waals surface area (Å²) in [6.07, 6.45) is 0. The maximum Gasteiger partial charge on any atom is 0.345 e. The van der Waals surface area contributed by atoms with Gasteiger partial charge in [0.2, 0.25) is 0 Å². The van der Waals surface area contributed by atoms with Gasteiger partial charge in [0.15, 0.2) is 0 Å². The summed E-state index contributed by atoms with van der Waals surface area (Å²) in [5, 5.41) is 9.24. The van der Waals surface area contributed by atoms with Gasteiger partial charge in [-0.3, -0.25) is 0 Å². The fraction of sp³-hybridized carbons (Fsp3) is 0. The highest BCUT2D eigenvalue weighted by Gasteiger charge is 2.11. The number of para-hydroxylation sites is 1. The average Bonchev–Trinajstić information content (AvgIpc) is 2.29. The van der Waals surface area contributed by atoms with Crippen molar-refractivity contribution in [2.24, 2.45) is 0 Å². The van der Waals surface area contributed by atoms with E-state index >= 15 is 0 Å². The molecule has 0 aliphatic rings. The van der Waals surface area contributed by atoms with Crippen molar-refractivity contribution in [3.63, 3.8) is 0 Å². The molecule has 0 spiro atoms. The second-order valence-electron chi connectivity index (χ2n) is 3.47. The molecular formula is C13H11NO3. The molecule has 3 N–H and O–H groups in total. The van der Waals surface area contributed by atoms with Crippen LogP contribution >= 0.6 is 0 Å². The van der Waals surface area contributed by atoms with Crippen LogP contribution in [-0.2, 0) is 0 Å². The zero-order valence-electron chi connectivity index (χ0n) is 8.96. The van der Waals surface area contributed by atoms with Gasteiger partial charge in [0.25, 0.3) is 0 Å². The van der Waals surface area contributed by atoms with Crippen molar-refractivity contribution in [2.45, 2.75) is 0 Å². The van der Waals surface area contributed by atoms with Crippen LogP contribution in [0.25, 0.3) is 0 Å². The van der Waals surface area contributed by atoms with Crippen LogP contribution in [0.15, 0.2) is 48.5 Å². The van der Waals surface area contributed by atoms with Gasteiger partial charge in [0.05, 0.1) is 5.56 Å². The predicted octanol–water partition coefficient (Wildman–Crippen LogP) is 2.19. The molecule has 0 bridgehead atoms. The van der Waals surface area contributed by atoms with Crippen molar-refractivity contribution >= 4 is 11.7 Å². The van der Waals surface area contributed by atoms with Gasteiger partial charge in [-0.2, -0.15) is 0 Å². The van der Waals surface area contributed by atoms with E-state index in [0.717, 1.165) is 0 Å². The largest absolute Gasteiger partial charge is 0.508 e. The van der Waals surface area contributed by atoms with Gasteiger partial charge in [-0.05, 0) is 24.3 Å². The van der Waals surface area contributed by atoms with Gasteiger partial charge >= 0.3 is 5.97 Å². The first-order valence-corrected chi connectivity index (χ1v) is 5.02. The highest BCUT2D eigenvalue weighted by Crippen LogP contribution is 2.20. The summed E-state index contributed by atoms with van der Waals surface area (Å²) < 4.78 is 5.08. The minimum absolute atomic E-state index is 0.0383. The molecule has 0 aromatic heterocycles. The summed E-state index contributed by atoms with van der Waals surface area (Å²) in [7, 11) is 0. The van der Waals surface area contributed by atoms with Crippen molar-refractivity contribution in [1.82, 2.24) is 0 Å². The molecule has 0 saturated carbocycles. The van der Waals surface area contributed by atoms with Gasteiger partial charge in [0, 0.05) is 11.8 Å². The molecule has 2 aromatic rings. The number of nitrogens with two attached hydrogens (primary N) is 1. The van der Waals surface area contributed by atoms with E-state index in [4.69, 9.17) is 10.5 Å². The monoisotopic (exact) mass is 229 g/mol. The van der Waals surface area contributed by atoms with Crippen LogP contribution in [0.4, 0.5) is 5.69 Å². The van der Waals surface area contributed by atoms with E-state index < -0.39 is 5.97 Å². The van der Waals surface area contributed by atoms with Gasteiger partial charge in [-0.25, -0.2) is 4.79 Å². The quantitative estimate of drug-likeness (QED) is 0.470. The lowest BCUT2D eigenvalue weighted by molar-refractivity contribution is 0.0735. The second-order valence-corrected chi connectivity index (χ2v) is 3.47. The molecule has 0 aliphatic heterocycles. The maximum atomic E-state index is 11.8. The number of rotatable bonds is 2. The Hall–Kier alpha value is -2.49. The number of nitrogen functional groups attached to an aromatic ring is 1. The number of anilines is 1. The molecule has 4 heteroatoms. The molecular weight excluding hydrogens is 218 g/mol. The summed E-state index contributed by atoms with van der Waals surface area (Å²) in [6.45, 7) is 0. The Morgan fingerprint density at radius 3 is 2.59 bits per heavy atom. The molecule has 0 saturated heterocycles. The summed E-state index contributed by atoms with van der Waals surface area (Å²) >= 11 is 0. The number of phenols is 1. The van der Waals surface area contributed by atoms with Crippen LogP contribution in [0, 0.1) is 0 Å². The Morgan fingerprint density at radius 2 is 1.88 bits per heavy atom. The molecule has 0 unspecified atom stereocenters. The Kier molecular flexibility index (Phi) is 2.96. The molecule has 17 heavy (non-hydrogen) atoms. The SMILES string of the molecule is Nc1ccccc1C(=O)Oc1cccc(O)c1. The molecule has 0 atom stereocenters. The molecule has 0 fully saturated rings. The van der Waals surface area contributed by atoms with Crippen LogP contribution in [0.5, 0.6) is 11.5 Å². The van der Waals surface area contributed by atoms with Crippen LogP contribution in [0.2, 0.25) is 0 Å². The van der Waals surface area contributed by atoms with E-state index in [0.29, 0.717) is 11.3 Å². The van der Waals surface area contributed by atoms with E-state index in [1.807, 2.05) is 0 Å². The minimum atomic E-state index is -0.547. The smallest absolute Gasteiger partial charge is 0.345 e. The first-order chi connectivity index (χ1) is 8.16. The van der Waals surface area contributed by atoms with Gasteiger partial charge < -0.3 is 15.6 Å². The summed E-state index contributed by atoms with van der Waals surface area (Å²) in [5.41, 5.74) is 6.32. The van der Waals surface area contributed by atoms with Gasteiger partial charge in [-0.15, -0.1) is 0 Å². The van der Waals surface area contributed by atoms with Crippen molar-refractivity contribution < 1.29 is 14.6 Å². The maximum absolute atomic E-state index is 11.8. The first-order valence-electron chi connectivity index (χ1n) is 5.02. The number of carbonyl (C=O) groups is 1. The van der Waals surface area contributed by atoms with E-state index in [9.17, 15) is 9.90 Å². The van der Waals surface area contributed by atoms with Crippen molar-refractivity contribution in [2.75, 3.05) is 5.73 Å². The molecule has 0 radical (unpaired) electrons. The highest BCUT2D eigenvalue weighted by molar-refractivity contribution is 5.96. The number of benzene rings is 2. The number of phenolic OH excluding ortho intramolecular Hbond substituents is 1. The summed E-state index contributed by atoms with van der Waals surface area (Å²) in [6, 6.07) is 12.7. The molecule has 0 heterocycles. The topological polar surface area (TPSA) is 72.6 Å². The average molecular weight is 229 g/mol. The zero-order valence-corrected chi connectivity index (χ0v) is 8.96. The van der Waals surface area contributed by atoms with E-state index in [-0.39, 0.29) is 11.5 Å². The lowest BCUT2D eigenvalue weighted by atomic mass is 10.2. The van der Waals surface area contributed by atoms with Crippen molar-refractivity contribution in [3.8, 4) is 11.5 Å². The molecule has 2 aromatic carbocycles. The second kappa shape index (κ2) is 4.57. The fourth-order valence-electron chi connectivity index (χ4n) is 1.39. The zero-order chi connectivity index (χ0) is 12.3. The van der Waals surface area contributed by atoms with Crippen LogP contribution in [0.3, 0.4) is 0 Å². The highest BCUT2D eigenvalue weighted by atomic mass is 16.5. The number of ether oxygens (including phenoxy) is 1. The molecule has 86 valence electrons. The van der Waals surface area contributed by atoms with Crippen molar-refractivity contribution in [3.05, 3.63) is 54.1 Å². The Balaban J connectivity index is 2.20. The number of esters is 1. The number of hydrogen-bond donors (Lipinski definition) is 2. The number of carbonyl (C=O) groups excluding carboxylic acids is 1. The molecule has 0 aliphatic carbocycles. The molecule has 2 rings (SSSR count). The molecule has 4 nitrogen and oxygen atoms in total. The standard InChI is InChI=1S/C13H11NO3/c14-12-7-2-1-6-11(12)13(16)17-10-5-3-4-9(15)8-10/h1-8,15H,14H2. The summed E-state index contributed by atoms with van der Waals surface area (Å²) in [5.74, 6) is -0.233. The number of hydrogen-bond acceptors (Lipinski definition) is 4. The third-order valence-electron chi connectivity index (χ3n) is 2.21. The Morgan fingerprint density at radius 1 is 1.12 bits per heavy atom. The molecule has 0 amide bonds. The van der Waals surface area contributed by atoms with E-state index in [1.165, 1.54) is 12.1 Å². The van der Waals surface area contributed by atoms with Crippen LogP contribution in [0.1, 0.15) is 10.4 Å². The minimum Gasteiger partial charge on any atom is -0.508 e. The third kappa shape index (κ3) is 2.55. The fourth-order valence-corrected chi connectivity index (χ4v) is 1.39. The summed E-state index contributed by atoms with van der Waals surface area (Å²) in [4.78, 5) is 11.8. The lowest BCUT2D eigenvalue weighted by Gasteiger charge is -2.06. The Labute approximate surface area is 98.3 Å². The van der Waals surface area contributed by atoms with Crippen LogP contribution in [-0.4, -0.2) is 11.1 Å². The number of aromatic hydroxyl groups is 1.